The topological polar surface area (TPSA) is 71.4 Å². The van der Waals surface area contributed by atoms with Gasteiger partial charge in [0.15, 0.2) is 5.54 Å². The molecule has 2 fully saturated rings. The maximum atomic E-state index is 14.4. The van der Waals surface area contributed by atoms with Crippen molar-refractivity contribution in [2.24, 2.45) is 4.99 Å². The van der Waals surface area contributed by atoms with E-state index >= 15 is 0 Å². The van der Waals surface area contributed by atoms with Crippen LogP contribution in [0.5, 0.6) is 5.75 Å². The monoisotopic (exact) mass is 591 g/mol. The molecule has 1 spiro atoms. The van der Waals surface area contributed by atoms with Crippen LogP contribution in [0.25, 0.3) is 0 Å². The lowest BCUT2D eigenvalue weighted by Crippen LogP contribution is -2.71. The van der Waals surface area contributed by atoms with Crippen molar-refractivity contribution in [2.45, 2.75) is 29.5 Å². The first-order valence-corrected chi connectivity index (χ1v) is 14.7. The van der Waals surface area contributed by atoms with Crippen molar-refractivity contribution in [1.82, 2.24) is 4.90 Å². The fourth-order valence-electron chi connectivity index (χ4n) is 7.05. The molecule has 0 radical (unpaired) electrons. The molecule has 7 rings (SSSR count). The maximum absolute atomic E-state index is 14.4. The molecule has 8 heteroatoms. The molecule has 3 heterocycles. The van der Waals surface area contributed by atoms with Crippen LogP contribution in [-0.4, -0.2) is 61.0 Å². The molecule has 2 saturated heterocycles. The molecule has 4 aromatic rings. The van der Waals surface area contributed by atoms with E-state index in [2.05, 4.69) is 4.90 Å². The first-order valence-electron chi connectivity index (χ1n) is 14.3. The number of carbonyl (C=O) groups is 2. The smallest absolute Gasteiger partial charge is 0.343 e. The Kier molecular flexibility index (Phi) is 6.79. The third kappa shape index (κ3) is 4.34. The summed E-state index contributed by atoms with van der Waals surface area (Å²) >= 11 is 6.27. The number of ether oxygens (including phenoxy) is 2. The zero-order valence-corrected chi connectivity index (χ0v) is 24.5. The summed E-state index contributed by atoms with van der Waals surface area (Å²) in [6.07, 6.45) is 0. The van der Waals surface area contributed by atoms with Gasteiger partial charge in [-0.25, -0.2) is 9.79 Å². The third-order valence-electron chi connectivity index (χ3n) is 9.00. The minimum Gasteiger partial charge on any atom is -0.497 e. The van der Waals surface area contributed by atoms with Crippen LogP contribution >= 0.6 is 11.6 Å². The summed E-state index contributed by atoms with van der Waals surface area (Å²) in [7, 11) is 3.61. The van der Waals surface area contributed by atoms with Gasteiger partial charge in [-0.15, -0.1) is 0 Å². The van der Waals surface area contributed by atoms with Crippen molar-refractivity contribution in [3.63, 3.8) is 0 Å². The normalized spacial score (nSPS) is 26.8. The molecule has 43 heavy (non-hydrogen) atoms. The summed E-state index contributed by atoms with van der Waals surface area (Å²) in [5, 5.41) is 0.614. The van der Waals surface area contributed by atoms with Crippen molar-refractivity contribution in [2.75, 3.05) is 25.6 Å². The minimum absolute atomic E-state index is 0.0292. The first kappa shape index (κ1) is 27.4. The number of hydrogen-bond donors (Lipinski definition) is 0. The lowest BCUT2D eigenvalue weighted by Gasteiger charge is -2.53. The lowest BCUT2D eigenvalue weighted by atomic mass is 9.68. The van der Waals surface area contributed by atoms with Crippen molar-refractivity contribution >= 4 is 35.1 Å². The highest BCUT2D eigenvalue weighted by molar-refractivity contribution is 6.30. The molecule has 1 amide bonds. The number of β-lactam (4-membered cyclic amide) rings is 1. The Morgan fingerprint density at radius 3 is 2.16 bits per heavy atom. The van der Waals surface area contributed by atoms with Gasteiger partial charge in [0.25, 0.3) is 0 Å². The fourth-order valence-corrected chi connectivity index (χ4v) is 7.18. The Labute approximate surface area is 255 Å². The number of aliphatic imine (C=N–C) groups is 1. The Bertz CT molecular complexity index is 1700. The Morgan fingerprint density at radius 2 is 1.51 bits per heavy atom. The molecule has 3 aliphatic heterocycles. The highest BCUT2D eigenvalue weighted by Crippen LogP contribution is 2.54. The number of hydrogen-bond acceptors (Lipinski definition) is 6. The molecule has 5 atom stereocenters. The van der Waals surface area contributed by atoms with Crippen molar-refractivity contribution in [1.29, 1.82) is 0 Å². The predicted molar refractivity (Wildman–Crippen MR) is 166 cm³/mol. The number of carbonyl (C=O) groups excluding carboxylic acids is 2. The summed E-state index contributed by atoms with van der Waals surface area (Å²) in [5.74, 6) is -0.261. The van der Waals surface area contributed by atoms with Crippen molar-refractivity contribution in [3.8, 4) is 5.75 Å². The molecule has 4 aromatic carbocycles. The number of likely N-dealkylation sites (tertiary alicyclic amines) is 1. The number of rotatable bonds is 6. The SMILES string of the molecule is COc1ccc(N2C(=O)[C@@H](c3ccccc3)[C@@H]2[C@H]2N(C)C[C@H](c3ccc(Cl)cc3)[C@@]23N=C(c2ccccc2)OC3=O)cc1. The van der Waals surface area contributed by atoms with E-state index < -0.39 is 29.5 Å². The second kappa shape index (κ2) is 10.7. The zero-order chi connectivity index (χ0) is 29.7. The van der Waals surface area contributed by atoms with Gasteiger partial charge in [0, 0.05) is 28.7 Å². The second-order valence-corrected chi connectivity index (χ2v) is 11.7. The van der Waals surface area contributed by atoms with Gasteiger partial charge in [-0.3, -0.25) is 9.69 Å². The molecule has 3 aliphatic rings. The standard InChI is InChI=1S/C35H30ClN3O4/c1-38-21-28(22-13-15-25(36)16-14-22)35(34(41)43-32(37-35)24-11-7-4-8-12-24)31(38)30-29(23-9-5-3-6-10-23)33(40)39(30)26-17-19-27(42-2)20-18-26/h3-20,28-31H,21H2,1-2H3/t28-,29+,30-,31-,35-/m1/s1. The van der Waals surface area contributed by atoms with Gasteiger partial charge in [-0.1, -0.05) is 72.3 Å². The van der Waals surface area contributed by atoms with Crippen LogP contribution < -0.4 is 9.64 Å². The molecule has 7 nitrogen and oxygen atoms in total. The number of amides is 1. The van der Waals surface area contributed by atoms with E-state index in [1.54, 1.807) is 7.11 Å². The molecular formula is C35H30ClN3O4. The predicted octanol–water partition coefficient (Wildman–Crippen LogP) is 5.69. The average molecular weight is 592 g/mol. The molecule has 0 N–H and O–H groups in total. The number of halogens is 1. The van der Waals surface area contributed by atoms with Gasteiger partial charge in [-0.05, 0) is 66.7 Å². The van der Waals surface area contributed by atoms with Crippen LogP contribution in [0.1, 0.15) is 28.5 Å². The largest absolute Gasteiger partial charge is 0.497 e. The molecule has 216 valence electrons. The Morgan fingerprint density at radius 1 is 0.860 bits per heavy atom. The molecule has 0 unspecified atom stereocenters. The number of methoxy groups -OCH3 is 1. The van der Waals surface area contributed by atoms with Gasteiger partial charge in [-0.2, -0.15) is 0 Å². The number of anilines is 1. The van der Waals surface area contributed by atoms with Crippen LogP contribution in [0, 0.1) is 0 Å². The van der Waals surface area contributed by atoms with E-state index in [0.717, 1.165) is 22.4 Å². The van der Waals surface area contributed by atoms with E-state index in [0.29, 0.717) is 23.2 Å². The molecule has 0 aromatic heterocycles. The third-order valence-corrected chi connectivity index (χ3v) is 9.25. The first-order chi connectivity index (χ1) is 20.9. The van der Waals surface area contributed by atoms with E-state index in [9.17, 15) is 9.59 Å². The molecular weight excluding hydrogens is 562 g/mol. The Hall–Kier alpha value is -4.46. The quantitative estimate of drug-likeness (QED) is 0.213. The van der Waals surface area contributed by atoms with E-state index in [1.807, 2.05) is 121 Å². The van der Waals surface area contributed by atoms with Crippen LogP contribution in [0.4, 0.5) is 5.69 Å². The lowest BCUT2D eigenvalue weighted by molar-refractivity contribution is -0.142. The maximum Gasteiger partial charge on any atom is 0.343 e. The van der Waals surface area contributed by atoms with E-state index in [-0.39, 0.29) is 11.8 Å². The van der Waals surface area contributed by atoms with Gasteiger partial charge in [0.05, 0.1) is 25.1 Å². The number of esters is 1. The van der Waals surface area contributed by atoms with E-state index in [4.69, 9.17) is 26.1 Å². The number of nitrogens with zero attached hydrogens (tertiary/aromatic N) is 3. The molecule has 0 saturated carbocycles. The van der Waals surface area contributed by atoms with Gasteiger partial charge < -0.3 is 14.4 Å². The summed E-state index contributed by atoms with van der Waals surface area (Å²) in [6, 6.07) is 33.4. The van der Waals surface area contributed by atoms with Crippen LogP contribution in [-0.2, 0) is 14.3 Å². The summed E-state index contributed by atoms with van der Waals surface area (Å²) in [5.41, 5.74) is 2.00. The minimum atomic E-state index is -1.31. The van der Waals surface area contributed by atoms with Gasteiger partial charge in [0.1, 0.15) is 5.75 Å². The average Bonchev–Trinajstić information content (AvgIpc) is 3.53. The Balaban J connectivity index is 1.42. The molecule has 0 aliphatic carbocycles. The zero-order valence-electron chi connectivity index (χ0n) is 23.8. The fraction of sp³-hybridized carbons (Fsp3) is 0.229. The molecule has 0 bridgehead atoms. The highest BCUT2D eigenvalue weighted by Gasteiger charge is 2.70. The van der Waals surface area contributed by atoms with Crippen LogP contribution in [0.2, 0.25) is 5.02 Å². The number of likely N-dealkylation sites (N-methyl/N-ethyl adjacent to an activating group) is 1. The van der Waals surface area contributed by atoms with E-state index in [1.165, 1.54) is 0 Å². The number of benzene rings is 4. The summed E-state index contributed by atoms with van der Waals surface area (Å²) in [6.45, 7) is 0.537. The summed E-state index contributed by atoms with van der Waals surface area (Å²) in [4.78, 5) is 37.6. The summed E-state index contributed by atoms with van der Waals surface area (Å²) < 4.78 is 11.4. The van der Waals surface area contributed by atoms with Crippen LogP contribution in [0.3, 0.4) is 0 Å². The van der Waals surface area contributed by atoms with Crippen molar-refractivity contribution in [3.05, 3.63) is 131 Å². The highest BCUT2D eigenvalue weighted by atomic mass is 35.5. The van der Waals surface area contributed by atoms with Gasteiger partial charge >= 0.3 is 5.97 Å². The van der Waals surface area contributed by atoms with Crippen LogP contribution in [0.15, 0.2) is 114 Å². The second-order valence-electron chi connectivity index (χ2n) is 11.3. The van der Waals surface area contributed by atoms with Gasteiger partial charge in [0.2, 0.25) is 11.8 Å². The number of cyclic esters (lactones) is 1. The van der Waals surface area contributed by atoms with Crippen molar-refractivity contribution < 1.29 is 19.1 Å².